The maximum Gasteiger partial charge on any atom is 0.262 e. The molecular weight excluding hydrogens is 526 g/mol. The number of thioether (sulfide) groups is 1. The molecule has 0 unspecified atom stereocenters. The topological polar surface area (TPSA) is 79.8 Å². The number of anilines is 1. The summed E-state index contributed by atoms with van der Waals surface area (Å²) in [5.41, 5.74) is 4.98. The molecule has 0 spiro atoms. The lowest BCUT2D eigenvalue weighted by atomic mass is 10.2. The number of hydrazone groups is 1. The molecular formula is C24H21BrClN3O3S. The van der Waals surface area contributed by atoms with Gasteiger partial charge in [-0.25, -0.2) is 5.43 Å². The van der Waals surface area contributed by atoms with Crippen molar-refractivity contribution >= 4 is 63.0 Å². The van der Waals surface area contributed by atoms with Gasteiger partial charge >= 0.3 is 0 Å². The zero-order valence-electron chi connectivity index (χ0n) is 17.5. The van der Waals surface area contributed by atoms with Gasteiger partial charge in [0.1, 0.15) is 5.75 Å². The molecule has 3 aromatic rings. The van der Waals surface area contributed by atoms with Gasteiger partial charge in [-0.1, -0.05) is 57.9 Å². The van der Waals surface area contributed by atoms with Crippen LogP contribution in [0.1, 0.15) is 11.1 Å². The van der Waals surface area contributed by atoms with Crippen LogP contribution < -0.4 is 15.5 Å². The fourth-order valence-electron chi connectivity index (χ4n) is 2.63. The third kappa shape index (κ3) is 8.57. The minimum absolute atomic E-state index is 0.147. The van der Waals surface area contributed by atoms with Gasteiger partial charge in [-0.15, -0.1) is 11.8 Å². The fourth-order valence-corrected chi connectivity index (χ4v) is 4.25. The van der Waals surface area contributed by atoms with Crippen molar-refractivity contribution < 1.29 is 14.3 Å². The highest BCUT2D eigenvalue weighted by Gasteiger charge is 2.06. The van der Waals surface area contributed by atoms with Crippen molar-refractivity contribution in [2.24, 2.45) is 5.10 Å². The Morgan fingerprint density at radius 2 is 1.73 bits per heavy atom. The number of nitrogens with zero attached hydrogens (tertiary/aromatic N) is 1. The van der Waals surface area contributed by atoms with Gasteiger partial charge in [-0.2, -0.15) is 5.10 Å². The van der Waals surface area contributed by atoms with Crippen molar-refractivity contribution in [3.05, 3.63) is 93.4 Å². The lowest BCUT2D eigenvalue weighted by Crippen LogP contribution is -2.20. The first-order chi connectivity index (χ1) is 16.0. The highest BCUT2D eigenvalue weighted by molar-refractivity contribution is 9.10. The monoisotopic (exact) mass is 545 g/mol. The number of hydrogen-bond acceptors (Lipinski definition) is 5. The highest BCUT2D eigenvalue weighted by Crippen LogP contribution is 2.21. The normalized spacial score (nSPS) is 10.7. The van der Waals surface area contributed by atoms with Crippen molar-refractivity contribution in [1.82, 2.24) is 5.43 Å². The zero-order chi connectivity index (χ0) is 23.5. The van der Waals surface area contributed by atoms with Crippen LogP contribution in [-0.2, 0) is 15.3 Å². The Bertz CT molecular complexity index is 1130. The second-order valence-corrected chi connectivity index (χ2v) is 9.01. The number of halogens is 2. The van der Waals surface area contributed by atoms with Crippen LogP contribution in [-0.4, -0.2) is 30.4 Å². The Labute approximate surface area is 209 Å². The summed E-state index contributed by atoms with van der Waals surface area (Å²) in [6.45, 7) is -0.147. The predicted octanol–water partition coefficient (Wildman–Crippen LogP) is 5.50. The minimum atomic E-state index is -0.311. The molecule has 2 N–H and O–H groups in total. The van der Waals surface area contributed by atoms with E-state index in [1.54, 1.807) is 54.7 Å². The number of carbonyl (C=O) groups excluding carboxylic acids is 2. The number of nitrogens with one attached hydrogen (secondary N) is 2. The quantitative estimate of drug-likeness (QED) is 0.260. The first-order valence-corrected chi connectivity index (χ1v) is 12.2. The van der Waals surface area contributed by atoms with Crippen molar-refractivity contribution in [3.8, 4) is 5.75 Å². The third-order valence-corrected chi connectivity index (χ3v) is 6.33. The van der Waals surface area contributed by atoms with Gasteiger partial charge in [0.15, 0.2) is 6.61 Å². The van der Waals surface area contributed by atoms with Crippen LogP contribution in [0.25, 0.3) is 0 Å². The van der Waals surface area contributed by atoms with Crippen LogP contribution in [0.15, 0.2) is 82.4 Å². The molecule has 0 heterocycles. The van der Waals surface area contributed by atoms with Crippen LogP contribution in [0.4, 0.5) is 5.69 Å². The van der Waals surface area contributed by atoms with Gasteiger partial charge in [-0.05, 0) is 53.6 Å². The van der Waals surface area contributed by atoms with Gasteiger partial charge in [-0.3, -0.25) is 9.59 Å². The van der Waals surface area contributed by atoms with E-state index in [-0.39, 0.29) is 18.4 Å². The Morgan fingerprint density at radius 3 is 2.48 bits per heavy atom. The predicted molar refractivity (Wildman–Crippen MR) is 138 cm³/mol. The Morgan fingerprint density at radius 1 is 1.00 bits per heavy atom. The van der Waals surface area contributed by atoms with E-state index in [4.69, 9.17) is 16.3 Å². The lowest BCUT2D eigenvalue weighted by molar-refractivity contribution is -0.119. The first kappa shape index (κ1) is 24.8. The maximum atomic E-state index is 12.0. The van der Waals surface area contributed by atoms with Crippen molar-refractivity contribution in [2.45, 2.75) is 5.75 Å². The highest BCUT2D eigenvalue weighted by atomic mass is 79.9. The standard InChI is InChI=1S/C24H21BrClN3O3S/c25-20-6-2-1-5-18(20)15-33-16-24(31)29-27-13-17-9-11-19(12-10-17)32-14-23(30)28-22-8-4-3-7-21(22)26/h1-13H,14-16H2,(H,28,30)(H,29,31)/b27-13-. The van der Waals surface area contributed by atoms with Crippen LogP contribution >= 0.6 is 39.3 Å². The molecule has 0 radical (unpaired) electrons. The van der Waals surface area contributed by atoms with Crippen LogP contribution in [0.3, 0.4) is 0 Å². The molecule has 33 heavy (non-hydrogen) atoms. The van der Waals surface area contributed by atoms with Crippen LogP contribution in [0.5, 0.6) is 5.75 Å². The summed E-state index contributed by atoms with van der Waals surface area (Å²) in [6.07, 6.45) is 1.55. The van der Waals surface area contributed by atoms with Gasteiger partial charge in [0, 0.05) is 10.2 Å². The molecule has 0 fully saturated rings. The van der Waals surface area contributed by atoms with E-state index in [1.807, 2.05) is 24.3 Å². The number of benzene rings is 3. The Kier molecular flexibility index (Phi) is 9.80. The molecule has 0 saturated carbocycles. The first-order valence-electron chi connectivity index (χ1n) is 9.91. The average Bonchev–Trinajstić information content (AvgIpc) is 2.81. The van der Waals surface area contributed by atoms with E-state index in [0.717, 1.165) is 21.4 Å². The fraction of sp³-hybridized carbons (Fsp3) is 0.125. The summed E-state index contributed by atoms with van der Waals surface area (Å²) in [7, 11) is 0. The van der Waals surface area contributed by atoms with E-state index >= 15 is 0 Å². The van der Waals surface area contributed by atoms with E-state index < -0.39 is 0 Å². The SMILES string of the molecule is O=C(CSCc1ccccc1Br)N/N=C\c1ccc(OCC(=O)Nc2ccccc2Cl)cc1. The van der Waals surface area contributed by atoms with Gasteiger partial charge in [0.05, 0.1) is 22.7 Å². The van der Waals surface area contributed by atoms with Crippen LogP contribution in [0.2, 0.25) is 5.02 Å². The second-order valence-electron chi connectivity index (χ2n) is 6.76. The molecule has 0 aromatic heterocycles. The molecule has 0 aliphatic heterocycles. The number of rotatable bonds is 10. The summed E-state index contributed by atoms with van der Waals surface area (Å²) >= 11 is 11.0. The molecule has 9 heteroatoms. The number of carbonyl (C=O) groups is 2. The molecule has 0 aliphatic carbocycles. The summed E-state index contributed by atoms with van der Waals surface area (Å²) < 4.78 is 6.52. The van der Waals surface area contributed by atoms with Crippen molar-refractivity contribution in [2.75, 3.05) is 17.7 Å². The van der Waals surface area contributed by atoms with Gasteiger partial charge in [0.2, 0.25) is 5.91 Å². The molecule has 0 atom stereocenters. The zero-order valence-corrected chi connectivity index (χ0v) is 20.6. The molecule has 2 amide bonds. The minimum Gasteiger partial charge on any atom is -0.484 e. The summed E-state index contributed by atoms with van der Waals surface area (Å²) in [6, 6.07) is 21.9. The Hall–Kier alpha value is -2.81. The number of hydrogen-bond donors (Lipinski definition) is 2. The number of ether oxygens (including phenoxy) is 1. The van der Waals surface area contributed by atoms with E-state index in [9.17, 15) is 9.59 Å². The molecule has 0 saturated heterocycles. The van der Waals surface area contributed by atoms with Crippen molar-refractivity contribution in [3.63, 3.8) is 0 Å². The molecule has 6 nitrogen and oxygen atoms in total. The maximum absolute atomic E-state index is 12.0. The van der Waals surface area contributed by atoms with E-state index in [0.29, 0.717) is 22.2 Å². The third-order valence-electron chi connectivity index (χ3n) is 4.25. The number of amides is 2. The summed E-state index contributed by atoms with van der Waals surface area (Å²) in [5, 5.41) is 7.14. The average molecular weight is 547 g/mol. The van der Waals surface area contributed by atoms with Crippen molar-refractivity contribution in [1.29, 1.82) is 0 Å². The Balaban J connectivity index is 1.37. The molecule has 170 valence electrons. The van der Waals surface area contributed by atoms with E-state index in [1.165, 1.54) is 11.8 Å². The molecule has 0 bridgehead atoms. The lowest BCUT2D eigenvalue weighted by Gasteiger charge is -2.08. The summed E-state index contributed by atoms with van der Waals surface area (Å²) in [4.78, 5) is 24.0. The van der Waals surface area contributed by atoms with Crippen LogP contribution in [0, 0.1) is 0 Å². The largest absolute Gasteiger partial charge is 0.484 e. The van der Waals surface area contributed by atoms with Gasteiger partial charge in [0.25, 0.3) is 5.91 Å². The molecule has 0 aliphatic rings. The smallest absolute Gasteiger partial charge is 0.262 e. The van der Waals surface area contributed by atoms with E-state index in [2.05, 4.69) is 31.8 Å². The van der Waals surface area contributed by atoms with Gasteiger partial charge < -0.3 is 10.1 Å². The molecule has 3 rings (SSSR count). The second kappa shape index (κ2) is 13.0. The molecule has 3 aromatic carbocycles. The number of para-hydroxylation sites is 1. The summed E-state index contributed by atoms with van der Waals surface area (Å²) in [5.74, 6) is 1.09.